The van der Waals surface area contributed by atoms with Crippen molar-refractivity contribution < 1.29 is 9.59 Å². The summed E-state index contributed by atoms with van der Waals surface area (Å²) in [4.78, 5) is 23.1. The third kappa shape index (κ3) is 4.41. The van der Waals surface area contributed by atoms with Gasteiger partial charge in [-0.25, -0.2) is 9.10 Å². The smallest absolute Gasteiger partial charge is 0.326 e. The fourth-order valence-corrected chi connectivity index (χ4v) is 2.12. The van der Waals surface area contributed by atoms with Crippen LogP contribution in [0.25, 0.3) is 0 Å². The fraction of sp³-hybridized carbons (Fsp3) is 0.0667. The van der Waals surface area contributed by atoms with E-state index < -0.39 is 6.03 Å². The van der Waals surface area contributed by atoms with Gasteiger partial charge in [-0.1, -0.05) is 30.5 Å². The molecular weight excluding hydrogens is 322 g/mol. The molecule has 0 aliphatic carbocycles. The van der Waals surface area contributed by atoms with Gasteiger partial charge in [0.2, 0.25) is 5.91 Å². The Balaban J connectivity index is 2.05. The molecule has 0 aliphatic heterocycles. The topological polar surface area (TPSA) is 61.4 Å². The van der Waals surface area contributed by atoms with Gasteiger partial charge in [0.25, 0.3) is 0 Å². The maximum absolute atomic E-state index is 12.1. The lowest BCUT2D eigenvalue weighted by Crippen LogP contribution is -2.26. The van der Waals surface area contributed by atoms with Crippen molar-refractivity contribution >= 4 is 53.4 Å². The maximum atomic E-state index is 12.1. The predicted octanol–water partition coefficient (Wildman–Crippen LogP) is 4.18. The molecule has 2 aromatic rings. The van der Waals surface area contributed by atoms with E-state index in [2.05, 4.69) is 23.4 Å². The zero-order chi connectivity index (χ0) is 16.1. The van der Waals surface area contributed by atoms with Crippen molar-refractivity contribution in [2.24, 2.45) is 0 Å². The number of rotatable bonds is 3. The molecule has 0 fully saturated rings. The fourth-order valence-electron chi connectivity index (χ4n) is 1.75. The Kier molecular flexibility index (Phi) is 5.30. The summed E-state index contributed by atoms with van der Waals surface area (Å²) in [5.41, 5.74) is 1.79. The summed E-state index contributed by atoms with van der Waals surface area (Å²) < 4.78 is 1.17. The molecule has 22 heavy (non-hydrogen) atoms. The summed E-state index contributed by atoms with van der Waals surface area (Å²) >= 11 is 10.0. The summed E-state index contributed by atoms with van der Waals surface area (Å²) in [6, 6.07) is 13.1. The number of carbonyl (C=O) groups excluding carboxylic acids is 2. The Morgan fingerprint density at radius 3 is 2.32 bits per heavy atom. The number of carbonyl (C=O) groups is 2. The molecule has 2 aromatic carbocycles. The number of nitrogens with zero attached hydrogens (tertiary/aromatic N) is 1. The number of halogens is 1. The van der Waals surface area contributed by atoms with Gasteiger partial charge in [0.1, 0.15) is 0 Å². The zero-order valence-electron chi connectivity index (χ0n) is 11.7. The van der Waals surface area contributed by atoms with Gasteiger partial charge in [0, 0.05) is 23.3 Å². The molecule has 0 saturated heterocycles. The van der Waals surface area contributed by atoms with Crippen LogP contribution in [0.15, 0.2) is 48.5 Å². The van der Waals surface area contributed by atoms with Gasteiger partial charge in [-0.2, -0.15) is 0 Å². The Hall–Kier alpha value is -2.18. The normalized spacial score (nSPS) is 9.95. The van der Waals surface area contributed by atoms with Crippen LogP contribution in [-0.4, -0.2) is 11.9 Å². The molecule has 0 heterocycles. The molecule has 0 unspecified atom stereocenters. The minimum Gasteiger partial charge on any atom is -0.326 e. The molecule has 0 spiro atoms. The number of hydrogen-bond acceptors (Lipinski definition) is 3. The highest BCUT2D eigenvalue weighted by Gasteiger charge is 2.12. The average Bonchev–Trinajstić information content (AvgIpc) is 2.46. The minimum absolute atomic E-state index is 0.158. The first-order chi connectivity index (χ1) is 10.5. The Morgan fingerprint density at radius 1 is 1.05 bits per heavy atom. The van der Waals surface area contributed by atoms with Crippen LogP contribution in [0.3, 0.4) is 0 Å². The average molecular weight is 336 g/mol. The van der Waals surface area contributed by atoms with E-state index in [0.29, 0.717) is 22.1 Å². The standard InChI is InChI=1S/C15H14ClN3O2S/c1-10(20)17-12-5-7-14(8-6-12)19(22)15(21)18-13-4-2-3-11(16)9-13/h2-9,22H,1H3,(H,17,20)(H,18,21). The third-order valence-electron chi connectivity index (χ3n) is 2.70. The van der Waals surface area contributed by atoms with Gasteiger partial charge in [0.05, 0.1) is 5.69 Å². The van der Waals surface area contributed by atoms with Crippen molar-refractivity contribution in [1.82, 2.24) is 0 Å². The van der Waals surface area contributed by atoms with E-state index in [1.165, 1.54) is 11.2 Å². The van der Waals surface area contributed by atoms with Gasteiger partial charge in [0.15, 0.2) is 0 Å². The number of amides is 3. The first-order valence-corrected chi connectivity index (χ1v) is 7.17. The molecule has 2 rings (SSSR count). The number of nitrogens with one attached hydrogen (secondary N) is 2. The van der Waals surface area contributed by atoms with Crippen molar-refractivity contribution in [3.05, 3.63) is 53.6 Å². The van der Waals surface area contributed by atoms with E-state index in [0.717, 1.165) is 0 Å². The van der Waals surface area contributed by atoms with E-state index in [9.17, 15) is 9.59 Å². The minimum atomic E-state index is -0.419. The van der Waals surface area contributed by atoms with Crippen LogP contribution in [-0.2, 0) is 4.79 Å². The zero-order valence-corrected chi connectivity index (χ0v) is 13.4. The molecule has 2 N–H and O–H groups in total. The third-order valence-corrected chi connectivity index (χ3v) is 3.35. The molecular formula is C15H14ClN3O2S. The van der Waals surface area contributed by atoms with Gasteiger partial charge < -0.3 is 10.6 Å². The first-order valence-electron chi connectivity index (χ1n) is 6.39. The summed E-state index contributed by atoms with van der Waals surface area (Å²) in [7, 11) is 0. The van der Waals surface area contributed by atoms with Gasteiger partial charge in [-0.05, 0) is 42.5 Å². The Morgan fingerprint density at radius 2 is 1.73 bits per heavy atom. The molecule has 0 bridgehead atoms. The van der Waals surface area contributed by atoms with Gasteiger partial charge in [-0.3, -0.25) is 4.79 Å². The van der Waals surface area contributed by atoms with Crippen LogP contribution in [0, 0.1) is 0 Å². The molecule has 0 saturated carbocycles. The lowest BCUT2D eigenvalue weighted by atomic mass is 10.3. The van der Waals surface area contributed by atoms with Crippen LogP contribution >= 0.6 is 24.4 Å². The Labute approximate surface area is 138 Å². The van der Waals surface area contributed by atoms with Crippen LogP contribution in [0.5, 0.6) is 0 Å². The molecule has 3 amide bonds. The number of urea groups is 1. The second-order valence-electron chi connectivity index (χ2n) is 4.48. The maximum Gasteiger partial charge on any atom is 0.336 e. The van der Waals surface area contributed by atoms with E-state index in [1.54, 1.807) is 48.5 Å². The molecule has 114 valence electrons. The van der Waals surface area contributed by atoms with Crippen molar-refractivity contribution in [1.29, 1.82) is 0 Å². The van der Waals surface area contributed by atoms with E-state index in [1.807, 2.05) is 0 Å². The molecule has 0 atom stereocenters. The summed E-state index contributed by atoms with van der Waals surface area (Å²) in [6.07, 6.45) is 0. The number of benzene rings is 2. The van der Waals surface area contributed by atoms with Crippen LogP contribution in [0.1, 0.15) is 6.92 Å². The number of thiol groups is 1. The quantitative estimate of drug-likeness (QED) is 0.737. The monoisotopic (exact) mass is 335 g/mol. The largest absolute Gasteiger partial charge is 0.336 e. The Bertz CT molecular complexity index is 691. The molecule has 0 aliphatic rings. The van der Waals surface area contributed by atoms with E-state index in [-0.39, 0.29) is 5.91 Å². The van der Waals surface area contributed by atoms with Gasteiger partial charge >= 0.3 is 6.03 Å². The van der Waals surface area contributed by atoms with Crippen molar-refractivity contribution in [3.8, 4) is 0 Å². The summed E-state index contributed by atoms with van der Waals surface area (Å²) in [6.45, 7) is 1.43. The van der Waals surface area contributed by atoms with Crippen LogP contribution < -0.4 is 14.9 Å². The van der Waals surface area contributed by atoms with Crippen LogP contribution in [0.2, 0.25) is 5.02 Å². The molecule has 7 heteroatoms. The van der Waals surface area contributed by atoms with Crippen molar-refractivity contribution in [3.63, 3.8) is 0 Å². The van der Waals surface area contributed by atoms with Crippen molar-refractivity contribution in [2.45, 2.75) is 6.92 Å². The van der Waals surface area contributed by atoms with Crippen molar-refractivity contribution in [2.75, 3.05) is 14.9 Å². The molecule has 0 aromatic heterocycles. The predicted molar refractivity (Wildman–Crippen MR) is 92.7 cm³/mol. The van der Waals surface area contributed by atoms with E-state index in [4.69, 9.17) is 11.6 Å². The van der Waals surface area contributed by atoms with Crippen LogP contribution in [0.4, 0.5) is 21.9 Å². The summed E-state index contributed by atoms with van der Waals surface area (Å²) in [5, 5.41) is 5.86. The number of anilines is 3. The second kappa shape index (κ2) is 7.20. The van der Waals surface area contributed by atoms with E-state index >= 15 is 0 Å². The highest BCUT2D eigenvalue weighted by Crippen LogP contribution is 2.21. The van der Waals surface area contributed by atoms with Gasteiger partial charge in [-0.15, -0.1) is 0 Å². The number of hydrogen-bond donors (Lipinski definition) is 3. The lowest BCUT2D eigenvalue weighted by Gasteiger charge is -2.17. The SMILES string of the molecule is CC(=O)Nc1ccc(N(S)C(=O)Nc2cccc(Cl)c2)cc1. The highest BCUT2D eigenvalue weighted by atomic mass is 35.5. The molecule has 0 radical (unpaired) electrons. The first kappa shape index (κ1) is 16.2. The lowest BCUT2D eigenvalue weighted by molar-refractivity contribution is -0.114. The molecule has 5 nitrogen and oxygen atoms in total. The second-order valence-corrected chi connectivity index (χ2v) is 5.32. The summed E-state index contributed by atoms with van der Waals surface area (Å²) in [5.74, 6) is -0.158. The highest BCUT2D eigenvalue weighted by molar-refractivity contribution is 7.82.